The number of para-hydroxylation sites is 1. The van der Waals surface area contributed by atoms with Gasteiger partial charge in [0, 0.05) is 11.6 Å². The smallest absolute Gasteiger partial charge is 0.169 e. The van der Waals surface area contributed by atoms with Crippen LogP contribution in [0, 0.1) is 5.41 Å². The van der Waals surface area contributed by atoms with E-state index in [-0.39, 0.29) is 17.7 Å². The molecule has 2 aliphatic carbocycles. The lowest BCUT2D eigenvalue weighted by Gasteiger charge is -2.25. The van der Waals surface area contributed by atoms with E-state index in [2.05, 4.69) is 10.3 Å². The van der Waals surface area contributed by atoms with Gasteiger partial charge in [0.25, 0.3) is 0 Å². The second-order valence-electron chi connectivity index (χ2n) is 7.34. The first-order valence-corrected chi connectivity index (χ1v) is 9.25. The Morgan fingerprint density at radius 3 is 2.58 bits per heavy atom. The summed E-state index contributed by atoms with van der Waals surface area (Å²) in [6.45, 7) is 0.173. The molecule has 1 aromatic heterocycles. The third-order valence-corrected chi connectivity index (χ3v) is 5.95. The SMILES string of the molecule is O=C(CNc1ncccc1Oc1ccccc1Cl)C12CCC(O)(CC1)C2. The molecule has 0 unspecified atom stereocenters. The van der Waals surface area contributed by atoms with Gasteiger partial charge in [-0.2, -0.15) is 0 Å². The summed E-state index contributed by atoms with van der Waals surface area (Å²) < 4.78 is 5.87. The molecule has 2 aliphatic rings. The van der Waals surface area contributed by atoms with Crippen molar-refractivity contribution in [2.24, 2.45) is 5.41 Å². The van der Waals surface area contributed by atoms with E-state index in [1.54, 1.807) is 30.5 Å². The van der Waals surface area contributed by atoms with Gasteiger partial charge in [-0.25, -0.2) is 4.98 Å². The maximum Gasteiger partial charge on any atom is 0.169 e. The quantitative estimate of drug-likeness (QED) is 0.795. The molecule has 0 spiro atoms. The molecular formula is C20H21ClN2O3. The van der Waals surface area contributed by atoms with Crippen LogP contribution in [0.5, 0.6) is 11.5 Å². The van der Waals surface area contributed by atoms with Gasteiger partial charge in [-0.05, 0) is 56.4 Å². The topological polar surface area (TPSA) is 71.5 Å². The minimum Gasteiger partial charge on any atom is -0.452 e. The van der Waals surface area contributed by atoms with Crippen molar-refractivity contribution in [3.05, 3.63) is 47.6 Å². The molecule has 26 heavy (non-hydrogen) atoms. The predicted molar refractivity (Wildman–Crippen MR) is 99.7 cm³/mol. The van der Waals surface area contributed by atoms with Crippen LogP contribution in [0.1, 0.15) is 32.1 Å². The van der Waals surface area contributed by atoms with Gasteiger partial charge in [-0.15, -0.1) is 0 Å². The van der Waals surface area contributed by atoms with E-state index in [9.17, 15) is 9.90 Å². The minimum atomic E-state index is -0.626. The maximum atomic E-state index is 12.8. The van der Waals surface area contributed by atoms with Crippen LogP contribution in [0.3, 0.4) is 0 Å². The van der Waals surface area contributed by atoms with E-state index < -0.39 is 5.60 Å². The number of benzene rings is 1. The van der Waals surface area contributed by atoms with E-state index >= 15 is 0 Å². The van der Waals surface area contributed by atoms with Crippen molar-refractivity contribution in [3.8, 4) is 11.5 Å². The Balaban J connectivity index is 1.46. The lowest BCUT2D eigenvalue weighted by atomic mass is 9.80. The number of hydrogen-bond acceptors (Lipinski definition) is 5. The van der Waals surface area contributed by atoms with Crippen molar-refractivity contribution < 1.29 is 14.6 Å². The summed E-state index contributed by atoms with van der Waals surface area (Å²) in [6, 6.07) is 10.8. The molecule has 0 radical (unpaired) electrons. The molecule has 0 amide bonds. The number of nitrogens with one attached hydrogen (secondary N) is 1. The van der Waals surface area contributed by atoms with Crippen LogP contribution in [-0.4, -0.2) is 28.0 Å². The van der Waals surface area contributed by atoms with Crippen molar-refractivity contribution in [3.63, 3.8) is 0 Å². The minimum absolute atomic E-state index is 0.139. The molecule has 6 heteroatoms. The van der Waals surface area contributed by atoms with E-state index in [1.165, 1.54) is 0 Å². The number of anilines is 1. The molecule has 5 nitrogen and oxygen atoms in total. The van der Waals surface area contributed by atoms with Crippen molar-refractivity contribution in [1.29, 1.82) is 0 Å². The van der Waals surface area contributed by atoms with Crippen molar-refractivity contribution in [2.45, 2.75) is 37.7 Å². The summed E-state index contributed by atoms with van der Waals surface area (Å²) in [4.78, 5) is 17.1. The summed E-state index contributed by atoms with van der Waals surface area (Å²) in [5.74, 6) is 1.69. The van der Waals surface area contributed by atoms with Crippen molar-refractivity contribution in [2.75, 3.05) is 11.9 Å². The average Bonchev–Trinajstić information content (AvgIpc) is 3.17. The van der Waals surface area contributed by atoms with Crippen LogP contribution in [0.25, 0.3) is 0 Å². The number of halogens is 1. The first kappa shape index (κ1) is 17.3. The van der Waals surface area contributed by atoms with Crippen LogP contribution in [0.15, 0.2) is 42.6 Å². The Morgan fingerprint density at radius 2 is 1.88 bits per heavy atom. The van der Waals surface area contributed by atoms with Crippen LogP contribution in [0.4, 0.5) is 5.82 Å². The molecule has 136 valence electrons. The van der Waals surface area contributed by atoms with Gasteiger partial charge < -0.3 is 15.2 Å². The third-order valence-electron chi connectivity index (χ3n) is 5.64. The summed E-state index contributed by atoms with van der Waals surface area (Å²) in [5.41, 5.74) is -1.00. The molecule has 1 heterocycles. The van der Waals surface area contributed by atoms with Crippen LogP contribution < -0.4 is 10.1 Å². The molecule has 0 saturated heterocycles. The average molecular weight is 373 g/mol. The monoisotopic (exact) mass is 372 g/mol. The number of carbonyl (C=O) groups is 1. The molecule has 4 rings (SSSR count). The van der Waals surface area contributed by atoms with E-state index in [0.717, 1.165) is 25.7 Å². The number of aromatic nitrogens is 1. The number of ketones is 1. The molecular weight excluding hydrogens is 352 g/mol. The number of fused-ring (bicyclic) bond motifs is 2. The highest BCUT2D eigenvalue weighted by Gasteiger charge is 2.56. The van der Waals surface area contributed by atoms with E-state index in [1.807, 2.05) is 12.1 Å². The summed E-state index contributed by atoms with van der Waals surface area (Å²) in [5, 5.41) is 14.0. The molecule has 2 saturated carbocycles. The Morgan fingerprint density at radius 1 is 1.15 bits per heavy atom. The fourth-order valence-electron chi connectivity index (χ4n) is 4.16. The van der Waals surface area contributed by atoms with Crippen LogP contribution >= 0.6 is 11.6 Å². The van der Waals surface area contributed by atoms with Gasteiger partial charge in [-0.3, -0.25) is 4.79 Å². The summed E-state index contributed by atoms with van der Waals surface area (Å²) >= 11 is 6.15. The molecule has 2 aromatic rings. The zero-order valence-electron chi connectivity index (χ0n) is 14.4. The van der Waals surface area contributed by atoms with Gasteiger partial charge in [-0.1, -0.05) is 23.7 Å². The van der Waals surface area contributed by atoms with Crippen molar-refractivity contribution >= 4 is 23.2 Å². The highest BCUT2D eigenvalue weighted by molar-refractivity contribution is 6.32. The standard InChI is InChI=1S/C20H21ClN2O3/c21-14-4-1-2-5-15(14)26-16-6-3-11-22-18(16)23-12-17(24)19-7-9-20(25,13-19)10-8-19/h1-6,11,25H,7-10,12-13H2,(H,22,23). The first-order valence-electron chi connectivity index (χ1n) is 8.87. The number of nitrogens with zero attached hydrogens (tertiary/aromatic N) is 1. The Bertz CT molecular complexity index is 831. The Labute approximate surface area is 157 Å². The maximum absolute atomic E-state index is 12.8. The third kappa shape index (κ3) is 3.17. The van der Waals surface area contributed by atoms with Gasteiger partial charge in [0.1, 0.15) is 5.75 Å². The van der Waals surface area contributed by atoms with Gasteiger partial charge in [0.2, 0.25) is 0 Å². The zero-order valence-corrected chi connectivity index (χ0v) is 15.1. The molecule has 0 atom stereocenters. The fourth-order valence-corrected chi connectivity index (χ4v) is 4.33. The second-order valence-corrected chi connectivity index (χ2v) is 7.75. The highest BCUT2D eigenvalue weighted by Crippen LogP contribution is 2.56. The van der Waals surface area contributed by atoms with Gasteiger partial charge in [0.15, 0.2) is 17.4 Å². The second kappa shape index (κ2) is 6.56. The van der Waals surface area contributed by atoms with Crippen LogP contribution in [-0.2, 0) is 4.79 Å². The largest absolute Gasteiger partial charge is 0.452 e. The molecule has 2 fully saturated rings. The number of rotatable bonds is 6. The summed E-state index contributed by atoms with van der Waals surface area (Å²) in [6.07, 6.45) is 5.23. The normalized spacial score (nSPS) is 26.7. The first-order chi connectivity index (χ1) is 12.5. The summed E-state index contributed by atoms with van der Waals surface area (Å²) in [7, 11) is 0. The van der Waals surface area contributed by atoms with Gasteiger partial charge in [0.05, 0.1) is 17.2 Å². The predicted octanol–water partition coefficient (Wildman–Crippen LogP) is 4.20. The highest BCUT2D eigenvalue weighted by atomic mass is 35.5. The van der Waals surface area contributed by atoms with E-state index in [4.69, 9.17) is 16.3 Å². The Hall–Kier alpha value is -2.11. The lowest BCUT2D eigenvalue weighted by Crippen LogP contribution is -2.32. The molecule has 2 bridgehead atoms. The molecule has 2 N–H and O–H groups in total. The number of carbonyl (C=O) groups excluding carboxylic acids is 1. The number of aliphatic hydroxyl groups is 1. The van der Waals surface area contributed by atoms with Gasteiger partial charge >= 0.3 is 0 Å². The zero-order chi connectivity index (χ0) is 18.2. The van der Waals surface area contributed by atoms with Crippen molar-refractivity contribution in [1.82, 2.24) is 4.98 Å². The lowest BCUT2D eigenvalue weighted by molar-refractivity contribution is -0.126. The number of Topliss-reactive ketones (excluding diaryl/α,β-unsaturated/α-hetero) is 1. The van der Waals surface area contributed by atoms with Crippen LogP contribution in [0.2, 0.25) is 5.02 Å². The van der Waals surface area contributed by atoms with E-state index in [0.29, 0.717) is 28.8 Å². The molecule has 0 aliphatic heterocycles. The fraction of sp³-hybridized carbons (Fsp3) is 0.400. The number of hydrogen-bond donors (Lipinski definition) is 2. The number of ether oxygens (including phenoxy) is 1. The Kier molecular flexibility index (Phi) is 4.37. The number of pyridine rings is 1. The molecule has 1 aromatic carbocycles.